The maximum absolute atomic E-state index is 11.7. The van der Waals surface area contributed by atoms with Gasteiger partial charge in [-0.3, -0.25) is 9.56 Å². The van der Waals surface area contributed by atoms with Crippen molar-refractivity contribution in [1.82, 2.24) is 4.57 Å². The first kappa shape index (κ1) is 20.8. The molecule has 150 valence electrons. The van der Waals surface area contributed by atoms with Crippen LogP contribution in [0, 0.1) is 3.95 Å². The molecule has 0 unspecified atom stereocenters. The van der Waals surface area contributed by atoms with Crippen molar-refractivity contribution in [3.8, 4) is 11.6 Å². The first-order valence-electron chi connectivity index (χ1n) is 9.00. The molecule has 0 atom stereocenters. The van der Waals surface area contributed by atoms with E-state index in [1.807, 2.05) is 30.3 Å². The fourth-order valence-corrected chi connectivity index (χ4v) is 3.73. The van der Waals surface area contributed by atoms with E-state index in [4.69, 9.17) is 21.7 Å². The Labute approximate surface area is 177 Å². The van der Waals surface area contributed by atoms with Crippen LogP contribution in [-0.4, -0.2) is 35.1 Å². The summed E-state index contributed by atoms with van der Waals surface area (Å²) in [5.41, 5.74) is 1.12. The highest BCUT2D eigenvalue weighted by atomic mass is 32.1. The van der Waals surface area contributed by atoms with Gasteiger partial charge in [0.2, 0.25) is 5.88 Å². The van der Waals surface area contributed by atoms with E-state index in [0.29, 0.717) is 39.8 Å². The minimum absolute atomic E-state index is 0.0588. The third-order valence-electron chi connectivity index (χ3n) is 3.93. The molecule has 0 radical (unpaired) electrons. The van der Waals surface area contributed by atoms with Crippen molar-refractivity contribution in [3.05, 3.63) is 69.0 Å². The fourth-order valence-electron chi connectivity index (χ4n) is 2.50. The van der Waals surface area contributed by atoms with Crippen LogP contribution in [0.2, 0.25) is 0 Å². The zero-order chi connectivity index (χ0) is 20.6. The van der Waals surface area contributed by atoms with E-state index >= 15 is 0 Å². The Bertz CT molecular complexity index is 1040. The molecular weight excluding hydrogens is 408 g/mol. The Kier molecular flexibility index (Phi) is 7.15. The second-order valence-electron chi connectivity index (χ2n) is 5.89. The molecule has 29 heavy (non-hydrogen) atoms. The topological polar surface area (TPSA) is 73.0 Å². The molecule has 0 aliphatic rings. The van der Waals surface area contributed by atoms with Crippen LogP contribution in [0.15, 0.2) is 59.6 Å². The normalized spacial score (nSPS) is 10.9. The van der Waals surface area contributed by atoms with Crippen LogP contribution in [-0.2, 0) is 11.3 Å². The fraction of sp³-hybridized carbons (Fsp3) is 0.190. The van der Waals surface area contributed by atoms with E-state index in [1.54, 1.807) is 42.0 Å². The summed E-state index contributed by atoms with van der Waals surface area (Å²) in [6.45, 7) is 2.90. The largest absolute Gasteiger partial charge is 0.493 e. The Morgan fingerprint density at radius 3 is 2.62 bits per heavy atom. The van der Waals surface area contributed by atoms with Gasteiger partial charge in [0.1, 0.15) is 17.2 Å². The first-order valence-corrected chi connectivity index (χ1v) is 10.2. The van der Waals surface area contributed by atoms with Gasteiger partial charge in [-0.2, -0.15) is 0 Å². The summed E-state index contributed by atoms with van der Waals surface area (Å²) in [6, 6.07) is 16.2. The van der Waals surface area contributed by atoms with Crippen molar-refractivity contribution in [1.29, 1.82) is 0 Å². The zero-order valence-corrected chi connectivity index (χ0v) is 17.4. The number of aromatic hydroxyl groups is 1. The van der Waals surface area contributed by atoms with Crippen LogP contribution in [0.25, 0.3) is 0 Å². The second kappa shape index (κ2) is 9.99. The Morgan fingerprint density at radius 1 is 1.21 bits per heavy atom. The van der Waals surface area contributed by atoms with Crippen LogP contribution < -0.4 is 4.74 Å². The molecule has 0 bridgehead atoms. The number of para-hydroxylation sites is 1. The average Bonchev–Trinajstić information content (AvgIpc) is 3.01. The molecule has 1 N–H and O–H groups in total. The summed E-state index contributed by atoms with van der Waals surface area (Å²) in [7, 11) is 0. The van der Waals surface area contributed by atoms with Crippen LogP contribution in [0.4, 0.5) is 5.69 Å². The molecule has 2 aromatic carbocycles. The predicted octanol–water partition coefficient (Wildman–Crippen LogP) is 4.99. The monoisotopic (exact) mass is 428 g/mol. The van der Waals surface area contributed by atoms with Crippen molar-refractivity contribution in [2.24, 2.45) is 4.99 Å². The lowest BCUT2D eigenvalue weighted by molar-refractivity contribution is 0.0526. The van der Waals surface area contributed by atoms with Crippen LogP contribution >= 0.6 is 23.6 Å². The first-order chi connectivity index (χ1) is 14.1. The molecule has 0 saturated heterocycles. The van der Waals surface area contributed by atoms with Crippen molar-refractivity contribution < 1.29 is 19.4 Å². The summed E-state index contributed by atoms with van der Waals surface area (Å²) in [5.74, 6) is 0.457. The lowest BCUT2D eigenvalue weighted by Crippen LogP contribution is -2.07. The predicted molar refractivity (Wildman–Crippen MR) is 116 cm³/mol. The van der Waals surface area contributed by atoms with E-state index in [1.165, 1.54) is 11.3 Å². The van der Waals surface area contributed by atoms with Gasteiger partial charge in [0.25, 0.3) is 0 Å². The molecule has 0 amide bonds. The number of benzene rings is 2. The SMILES string of the molecule is CCOC(=O)c1ccc(N=Cc2sc(=S)n(CCOc3ccccc3)c2O)cc1. The van der Waals surface area contributed by atoms with E-state index in [0.717, 1.165) is 5.75 Å². The Balaban J connectivity index is 1.65. The van der Waals surface area contributed by atoms with E-state index in [-0.39, 0.29) is 11.8 Å². The number of aromatic nitrogens is 1. The van der Waals surface area contributed by atoms with Gasteiger partial charge in [-0.15, -0.1) is 0 Å². The Hall–Kier alpha value is -2.97. The van der Waals surface area contributed by atoms with Gasteiger partial charge in [-0.1, -0.05) is 29.5 Å². The molecule has 6 nitrogen and oxygen atoms in total. The molecule has 0 saturated carbocycles. The van der Waals surface area contributed by atoms with Gasteiger partial charge < -0.3 is 14.6 Å². The van der Waals surface area contributed by atoms with Crippen molar-refractivity contribution >= 4 is 41.4 Å². The standard InChI is InChI=1S/C21H20N2O4S2/c1-2-26-20(25)15-8-10-16(11-9-15)22-14-18-19(24)23(21(28)29-18)12-13-27-17-6-4-3-5-7-17/h3-11,14,24H,2,12-13H2,1H3. The number of rotatable bonds is 8. The number of hydrogen-bond donors (Lipinski definition) is 1. The molecular formula is C21H20N2O4S2. The van der Waals surface area contributed by atoms with Crippen LogP contribution in [0.5, 0.6) is 11.6 Å². The summed E-state index contributed by atoms with van der Waals surface area (Å²) in [6.07, 6.45) is 1.56. The average molecular weight is 429 g/mol. The van der Waals surface area contributed by atoms with Gasteiger partial charge in [0.15, 0.2) is 3.95 Å². The molecule has 1 heterocycles. The third-order valence-corrected chi connectivity index (χ3v) is 5.30. The minimum atomic E-state index is -0.367. The lowest BCUT2D eigenvalue weighted by Gasteiger charge is -2.07. The van der Waals surface area contributed by atoms with Gasteiger partial charge >= 0.3 is 5.97 Å². The third kappa shape index (κ3) is 5.52. The Morgan fingerprint density at radius 2 is 1.93 bits per heavy atom. The summed E-state index contributed by atoms with van der Waals surface area (Å²) < 4.78 is 12.8. The molecule has 8 heteroatoms. The van der Waals surface area contributed by atoms with Crippen molar-refractivity contribution in [3.63, 3.8) is 0 Å². The summed E-state index contributed by atoms with van der Waals surface area (Å²) in [5, 5.41) is 10.5. The number of ether oxygens (including phenoxy) is 2. The maximum Gasteiger partial charge on any atom is 0.338 e. The van der Waals surface area contributed by atoms with E-state index in [9.17, 15) is 9.90 Å². The van der Waals surface area contributed by atoms with E-state index in [2.05, 4.69) is 4.99 Å². The number of carbonyl (C=O) groups is 1. The zero-order valence-electron chi connectivity index (χ0n) is 15.8. The quantitative estimate of drug-likeness (QED) is 0.311. The maximum atomic E-state index is 11.7. The van der Waals surface area contributed by atoms with Crippen molar-refractivity contribution in [2.45, 2.75) is 13.5 Å². The van der Waals surface area contributed by atoms with Gasteiger partial charge in [-0.25, -0.2) is 4.79 Å². The minimum Gasteiger partial charge on any atom is -0.493 e. The number of thiazole rings is 1. The van der Waals surface area contributed by atoms with Crippen LogP contribution in [0.3, 0.4) is 0 Å². The molecule has 3 aromatic rings. The lowest BCUT2D eigenvalue weighted by atomic mass is 10.2. The van der Waals surface area contributed by atoms with E-state index < -0.39 is 0 Å². The summed E-state index contributed by atoms with van der Waals surface area (Å²) >= 11 is 6.61. The number of aliphatic imine (C=N–C) groups is 1. The highest BCUT2D eigenvalue weighted by Gasteiger charge is 2.10. The molecule has 0 aliphatic carbocycles. The molecule has 0 fully saturated rings. The van der Waals surface area contributed by atoms with Gasteiger partial charge in [-0.05, 0) is 55.5 Å². The van der Waals surface area contributed by atoms with Gasteiger partial charge in [0, 0.05) is 0 Å². The van der Waals surface area contributed by atoms with Crippen LogP contribution in [0.1, 0.15) is 22.2 Å². The number of nitrogens with zero attached hydrogens (tertiary/aromatic N) is 2. The van der Waals surface area contributed by atoms with Crippen molar-refractivity contribution in [2.75, 3.05) is 13.2 Å². The number of esters is 1. The summed E-state index contributed by atoms with van der Waals surface area (Å²) in [4.78, 5) is 16.6. The molecule has 1 aromatic heterocycles. The number of hydrogen-bond acceptors (Lipinski definition) is 7. The molecule has 0 aliphatic heterocycles. The smallest absolute Gasteiger partial charge is 0.338 e. The second-order valence-corrected chi connectivity index (χ2v) is 7.57. The molecule has 0 spiro atoms. The highest BCUT2D eigenvalue weighted by Crippen LogP contribution is 2.25. The van der Waals surface area contributed by atoms with Gasteiger partial charge in [0.05, 0.1) is 30.6 Å². The highest BCUT2D eigenvalue weighted by molar-refractivity contribution is 7.73. The molecule has 3 rings (SSSR count). The number of carbonyl (C=O) groups excluding carboxylic acids is 1.